The van der Waals surface area contributed by atoms with Crippen LogP contribution in [0.5, 0.6) is 0 Å². The van der Waals surface area contributed by atoms with E-state index >= 15 is 0 Å². The summed E-state index contributed by atoms with van der Waals surface area (Å²) in [5, 5.41) is 7.12. The van der Waals surface area contributed by atoms with Crippen molar-refractivity contribution in [1.29, 1.82) is 0 Å². The molecular weight excluding hydrogens is 230 g/mol. The van der Waals surface area contributed by atoms with Gasteiger partial charge in [-0.2, -0.15) is 0 Å². The maximum Gasteiger partial charge on any atom is 0.166 e. The van der Waals surface area contributed by atoms with E-state index in [9.17, 15) is 0 Å². The quantitative estimate of drug-likeness (QED) is 0.744. The molecule has 2 N–H and O–H groups in total. The molecule has 0 aromatic heterocycles. The van der Waals surface area contributed by atoms with Crippen molar-refractivity contribution in [2.75, 3.05) is 33.7 Å². The van der Waals surface area contributed by atoms with E-state index in [4.69, 9.17) is 12.2 Å². The Kier molecular flexibility index (Phi) is 6.58. The van der Waals surface area contributed by atoms with Crippen LogP contribution in [0.1, 0.15) is 5.56 Å². The highest BCUT2D eigenvalue weighted by Crippen LogP contribution is 1.97. The van der Waals surface area contributed by atoms with Gasteiger partial charge in [0.2, 0.25) is 0 Å². The third kappa shape index (κ3) is 6.92. The first-order valence-corrected chi connectivity index (χ1v) is 6.29. The molecule has 0 unspecified atom stereocenters. The first-order chi connectivity index (χ1) is 8.18. The van der Waals surface area contributed by atoms with Gasteiger partial charge in [-0.15, -0.1) is 0 Å². The summed E-state index contributed by atoms with van der Waals surface area (Å²) in [5.41, 5.74) is 1.33. The maximum atomic E-state index is 5.18. The second-order valence-electron chi connectivity index (χ2n) is 4.22. The summed E-state index contributed by atoms with van der Waals surface area (Å²) in [6.45, 7) is 2.74. The van der Waals surface area contributed by atoms with Gasteiger partial charge in [-0.1, -0.05) is 30.3 Å². The summed E-state index contributed by atoms with van der Waals surface area (Å²) in [6.07, 6.45) is 0.996. The van der Waals surface area contributed by atoms with E-state index in [-0.39, 0.29) is 0 Å². The Morgan fingerprint density at radius 2 is 1.76 bits per heavy atom. The van der Waals surface area contributed by atoms with Crippen molar-refractivity contribution < 1.29 is 0 Å². The molecule has 17 heavy (non-hydrogen) atoms. The van der Waals surface area contributed by atoms with Crippen LogP contribution in [0.4, 0.5) is 0 Å². The molecule has 0 amide bonds. The highest BCUT2D eigenvalue weighted by Gasteiger charge is 1.96. The predicted molar refractivity (Wildman–Crippen MR) is 77.3 cm³/mol. The minimum Gasteiger partial charge on any atom is -0.362 e. The summed E-state index contributed by atoms with van der Waals surface area (Å²) < 4.78 is 0. The van der Waals surface area contributed by atoms with Crippen molar-refractivity contribution in [1.82, 2.24) is 15.5 Å². The van der Waals surface area contributed by atoms with Crippen molar-refractivity contribution in [2.45, 2.75) is 6.42 Å². The minimum atomic E-state index is 0.739. The fraction of sp³-hybridized carbons (Fsp3) is 0.462. The zero-order chi connectivity index (χ0) is 12.5. The molecule has 0 bridgehead atoms. The highest BCUT2D eigenvalue weighted by atomic mass is 32.1. The molecule has 1 rings (SSSR count). The molecule has 0 atom stereocenters. The largest absolute Gasteiger partial charge is 0.362 e. The summed E-state index contributed by atoms with van der Waals surface area (Å²) in [4.78, 5) is 2.12. The molecule has 1 aromatic rings. The fourth-order valence-corrected chi connectivity index (χ4v) is 1.62. The molecule has 0 fully saturated rings. The average Bonchev–Trinajstić information content (AvgIpc) is 2.30. The van der Waals surface area contributed by atoms with Crippen molar-refractivity contribution in [3.63, 3.8) is 0 Å². The van der Waals surface area contributed by atoms with Gasteiger partial charge in [0.15, 0.2) is 5.11 Å². The minimum absolute atomic E-state index is 0.739. The molecule has 1 aromatic carbocycles. The van der Waals surface area contributed by atoms with E-state index < -0.39 is 0 Å². The van der Waals surface area contributed by atoms with Crippen molar-refractivity contribution in [3.8, 4) is 0 Å². The van der Waals surface area contributed by atoms with Gasteiger partial charge >= 0.3 is 0 Å². The Bertz CT molecular complexity index is 325. The summed E-state index contributed by atoms with van der Waals surface area (Å²) in [6, 6.07) is 10.4. The van der Waals surface area contributed by atoms with Gasteiger partial charge in [0.1, 0.15) is 0 Å². The molecule has 94 valence electrons. The second-order valence-corrected chi connectivity index (χ2v) is 4.63. The summed E-state index contributed by atoms with van der Waals surface area (Å²) in [5.74, 6) is 0. The number of benzene rings is 1. The average molecular weight is 251 g/mol. The first kappa shape index (κ1) is 13.9. The summed E-state index contributed by atoms with van der Waals surface area (Å²) in [7, 11) is 4.10. The van der Waals surface area contributed by atoms with Crippen LogP contribution in [0, 0.1) is 0 Å². The predicted octanol–water partition coefficient (Wildman–Crippen LogP) is 1.25. The molecule has 4 heteroatoms. The van der Waals surface area contributed by atoms with Gasteiger partial charge in [0, 0.05) is 19.6 Å². The van der Waals surface area contributed by atoms with Crippen LogP contribution in [0.2, 0.25) is 0 Å². The lowest BCUT2D eigenvalue weighted by molar-refractivity contribution is 0.412. The van der Waals surface area contributed by atoms with Crippen LogP contribution in [0.3, 0.4) is 0 Å². The number of hydrogen-bond acceptors (Lipinski definition) is 2. The lowest BCUT2D eigenvalue weighted by Gasteiger charge is -2.13. The van der Waals surface area contributed by atoms with Crippen molar-refractivity contribution in [3.05, 3.63) is 35.9 Å². The number of thiocarbonyl (C=S) groups is 1. The van der Waals surface area contributed by atoms with Gasteiger partial charge in [0.05, 0.1) is 0 Å². The molecule has 0 saturated heterocycles. The molecule has 0 heterocycles. The normalized spacial score (nSPS) is 10.3. The van der Waals surface area contributed by atoms with E-state index in [0.717, 1.165) is 31.2 Å². The Morgan fingerprint density at radius 1 is 1.12 bits per heavy atom. The smallest absolute Gasteiger partial charge is 0.166 e. The number of hydrogen-bond donors (Lipinski definition) is 2. The van der Waals surface area contributed by atoms with Gasteiger partial charge in [0.25, 0.3) is 0 Å². The monoisotopic (exact) mass is 251 g/mol. The molecule has 0 spiro atoms. The topological polar surface area (TPSA) is 27.3 Å². The zero-order valence-corrected chi connectivity index (χ0v) is 11.4. The molecule has 0 aliphatic heterocycles. The Labute approximate surface area is 109 Å². The number of rotatable bonds is 6. The fourth-order valence-electron chi connectivity index (χ4n) is 1.42. The lowest BCUT2D eigenvalue weighted by Crippen LogP contribution is -2.39. The van der Waals surface area contributed by atoms with Crippen molar-refractivity contribution in [2.24, 2.45) is 0 Å². The zero-order valence-electron chi connectivity index (χ0n) is 10.6. The maximum absolute atomic E-state index is 5.18. The van der Waals surface area contributed by atoms with Gasteiger partial charge < -0.3 is 15.5 Å². The van der Waals surface area contributed by atoms with E-state index in [1.165, 1.54) is 5.56 Å². The van der Waals surface area contributed by atoms with Crippen LogP contribution in [-0.2, 0) is 6.42 Å². The molecular formula is C13H21N3S. The Balaban J connectivity index is 2.08. The van der Waals surface area contributed by atoms with Crippen LogP contribution in [-0.4, -0.2) is 43.7 Å². The SMILES string of the molecule is CN(C)CCNC(=S)NCCc1ccccc1. The second kappa shape index (κ2) is 8.03. The number of nitrogens with zero attached hydrogens (tertiary/aromatic N) is 1. The van der Waals surface area contributed by atoms with E-state index in [1.807, 2.05) is 20.2 Å². The number of nitrogens with one attached hydrogen (secondary N) is 2. The van der Waals surface area contributed by atoms with E-state index in [1.54, 1.807) is 0 Å². The first-order valence-electron chi connectivity index (χ1n) is 5.89. The van der Waals surface area contributed by atoms with Gasteiger partial charge in [-0.05, 0) is 38.3 Å². The molecule has 0 aliphatic rings. The standard InChI is InChI=1S/C13H21N3S/c1-16(2)11-10-15-13(17)14-9-8-12-6-4-3-5-7-12/h3-7H,8-11H2,1-2H3,(H2,14,15,17). The van der Waals surface area contributed by atoms with Crippen LogP contribution in [0.25, 0.3) is 0 Å². The third-order valence-corrected chi connectivity index (χ3v) is 2.68. The number of likely N-dealkylation sites (N-methyl/N-ethyl adjacent to an activating group) is 1. The summed E-state index contributed by atoms with van der Waals surface area (Å²) >= 11 is 5.18. The van der Waals surface area contributed by atoms with E-state index in [0.29, 0.717) is 0 Å². The molecule has 0 saturated carbocycles. The van der Waals surface area contributed by atoms with E-state index in [2.05, 4.69) is 39.8 Å². The third-order valence-electron chi connectivity index (χ3n) is 2.39. The molecule has 3 nitrogen and oxygen atoms in total. The van der Waals surface area contributed by atoms with Gasteiger partial charge in [-0.3, -0.25) is 0 Å². The Morgan fingerprint density at radius 3 is 2.41 bits per heavy atom. The van der Waals surface area contributed by atoms with Gasteiger partial charge in [-0.25, -0.2) is 0 Å². The molecule has 0 aliphatic carbocycles. The van der Waals surface area contributed by atoms with Crippen LogP contribution < -0.4 is 10.6 Å². The van der Waals surface area contributed by atoms with Crippen LogP contribution in [0.15, 0.2) is 30.3 Å². The highest BCUT2D eigenvalue weighted by molar-refractivity contribution is 7.80. The lowest BCUT2D eigenvalue weighted by atomic mass is 10.1. The molecule has 0 radical (unpaired) electrons. The van der Waals surface area contributed by atoms with Crippen LogP contribution >= 0.6 is 12.2 Å². The Hall–Kier alpha value is -1.13. The van der Waals surface area contributed by atoms with Crippen molar-refractivity contribution >= 4 is 17.3 Å².